The number of nitrogens with one attached hydrogen (secondary N) is 2. The van der Waals surface area contributed by atoms with E-state index in [0.717, 1.165) is 29.6 Å². The quantitative estimate of drug-likeness (QED) is 0.699. The monoisotopic (exact) mass is 392 g/mol. The summed E-state index contributed by atoms with van der Waals surface area (Å²) in [6, 6.07) is 14.3. The number of carbonyl (C=O) groups excluding carboxylic acids is 2. The molecular formula is C22H24N4O3. The van der Waals surface area contributed by atoms with Crippen LogP contribution in [0.5, 0.6) is 5.75 Å². The Labute approximate surface area is 169 Å². The summed E-state index contributed by atoms with van der Waals surface area (Å²) >= 11 is 0. The number of amides is 2. The first kappa shape index (κ1) is 19.0. The highest BCUT2D eigenvalue weighted by atomic mass is 16.5. The van der Waals surface area contributed by atoms with Crippen molar-refractivity contribution < 1.29 is 14.3 Å². The van der Waals surface area contributed by atoms with Crippen LogP contribution in [0.4, 0.5) is 0 Å². The van der Waals surface area contributed by atoms with Crippen molar-refractivity contribution in [3.63, 3.8) is 0 Å². The van der Waals surface area contributed by atoms with E-state index in [1.165, 1.54) is 0 Å². The Balaban J connectivity index is 1.44. The number of fused-ring (bicyclic) bond motifs is 1. The van der Waals surface area contributed by atoms with E-state index < -0.39 is 6.04 Å². The predicted molar refractivity (Wildman–Crippen MR) is 110 cm³/mol. The van der Waals surface area contributed by atoms with Gasteiger partial charge in [0.2, 0.25) is 5.91 Å². The number of likely N-dealkylation sites (tertiary alicyclic amines) is 1. The standard InChI is InChI=1S/C22H24N4O3/c1-29-16-10-11-17-18(13-16)25-20(24-17)14-23-21(27)19-9-5-6-12-26(19)22(28)15-7-3-2-4-8-15/h2-4,7-8,10-11,13,19H,5-6,9,12,14H2,1H3,(H,23,27)(H,24,25)/t19-/m0/s1. The van der Waals surface area contributed by atoms with Gasteiger partial charge in [-0.1, -0.05) is 18.2 Å². The molecule has 29 heavy (non-hydrogen) atoms. The summed E-state index contributed by atoms with van der Waals surface area (Å²) in [4.78, 5) is 35.1. The van der Waals surface area contributed by atoms with Gasteiger partial charge in [-0.2, -0.15) is 0 Å². The molecule has 0 saturated carbocycles. The van der Waals surface area contributed by atoms with Crippen LogP contribution in [0, 0.1) is 0 Å². The molecule has 2 heterocycles. The van der Waals surface area contributed by atoms with Crippen molar-refractivity contribution in [2.24, 2.45) is 0 Å². The number of nitrogens with zero attached hydrogens (tertiary/aromatic N) is 2. The first-order chi connectivity index (χ1) is 14.2. The third-order valence-corrected chi connectivity index (χ3v) is 5.26. The molecule has 1 saturated heterocycles. The van der Waals surface area contributed by atoms with Crippen LogP contribution >= 0.6 is 0 Å². The second kappa shape index (κ2) is 8.34. The summed E-state index contributed by atoms with van der Waals surface area (Å²) in [5.41, 5.74) is 2.28. The fourth-order valence-electron chi connectivity index (χ4n) is 3.73. The number of aromatic nitrogens is 2. The average Bonchev–Trinajstić information content (AvgIpc) is 3.19. The van der Waals surface area contributed by atoms with Crippen LogP contribution in [0.25, 0.3) is 11.0 Å². The van der Waals surface area contributed by atoms with Crippen molar-refractivity contribution in [3.8, 4) is 5.75 Å². The van der Waals surface area contributed by atoms with Crippen LogP contribution in [-0.4, -0.2) is 46.4 Å². The Morgan fingerprint density at radius 3 is 2.83 bits per heavy atom. The number of rotatable bonds is 5. The van der Waals surface area contributed by atoms with Gasteiger partial charge in [-0.05, 0) is 43.5 Å². The Bertz CT molecular complexity index is 1020. The Morgan fingerprint density at radius 2 is 2.03 bits per heavy atom. The number of hydrogen-bond donors (Lipinski definition) is 2. The average molecular weight is 392 g/mol. The Morgan fingerprint density at radius 1 is 1.21 bits per heavy atom. The molecule has 2 amide bonds. The van der Waals surface area contributed by atoms with E-state index in [1.807, 2.05) is 36.4 Å². The van der Waals surface area contributed by atoms with E-state index in [9.17, 15) is 9.59 Å². The third-order valence-electron chi connectivity index (χ3n) is 5.26. The normalized spacial score (nSPS) is 16.6. The third kappa shape index (κ3) is 4.08. The van der Waals surface area contributed by atoms with Gasteiger partial charge in [0.05, 0.1) is 24.7 Å². The van der Waals surface area contributed by atoms with Gasteiger partial charge in [0.15, 0.2) is 0 Å². The lowest BCUT2D eigenvalue weighted by Crippen LogP contribution is -2.51. The summed E-state index contributed by atoms with van der Waals surface area (Å²) in [7, 11) is 1.62. The zero-order valence-electron chi connectivity index (χ0n) is 16.4. The lowest BCUT2D eigenvalue weighted by molar-refractivity contribution is -0.126. The molecule has 0 radical (unpaired) electrons. The van der Waals surface area contributed by atoms with Crippen molar-refractivity contribution >= 4 is 22.8 Å². The minimum atomic E-state index is -0.457. The molecule has 1 aliphatic rings. The maximum absolute atomic E-state index is 12.9. The second-order valence-corrected chi connectivity index (χ2v) is 7.16. The number of ether oxygens (including phenoxy) is 1. The largest absolute Gasteiger partial charge is 0.497 e. The van der Waals surface area contributed by atoms with Gasteiger partial charge < -0.3 is 19.9 Å². The molecule has 7 nitrogen and oxygen atoms in total. The molecule has 0 aliphatic carbocycles. The minimum Gasteiger partial charge on any atom is -0.497 e. The van der Waals surface area contributed by atoms with Crippen molar-refractivity contribution in [2.45, 2.75) is 31.8 Å². The van der Waals surface area contributed by atoms with E-state index in [1.54, 1.807) is 24.1 Å². The van der Waals surface area contributed by atoms with Gasteiger partial charge in [-0.3, -0.25) is 9.59 Å². The number of imidazole rings is 1. The molecule has 3 aromatic rings. The molecule has 1 aromatic heterocycles. The van der Waals surface area contributed by atoms with Crippen LogP contribution in [0.3, 0.4) is 0 Å². The highest BCUT2D eigenvalue weighted by Gasteiger charge is 2.32. The van der Waals surface area contributed by atoms with Gasteiger partial charge in [0.1, 0.15) is 17.6 Å². The van der Waals surface area contributed by atoms with Gasteiger partial charge in [0, 0.05) is 18.2 Å². The molecule has 0 spiro atoms. The van der Waals surface area contributed by atoms with E-state index in [0.29, 0.717) is 24.4 Å². The van der Waals surface area contributed by atoms with Crippen LogP contribution in [0.1, 0.15) is 35.4 Å². The summed E-state index contributed by atoms with van der Waals surface area (Å²) < 4.78 is 5.22. The summed E-state index contributed by atoms with van der Waals surface area (Å²) in [6.45, 7) is 0.871. The number of piperidine rings is 1. The molecule has 1 aliphatic heterocycles. The first-order valence-electron chi connectivity index (χ1n) is 9.82. The van der Waals surface area contributed by atoms with Gasteiger partial charge in [-0.15, -0.1) is 0 Å². The van der Waals surface area contributed by atoms with Crippen molar-refractivity contribution in [3.05, 3.63) is 59.9 Å². The van der Waals surface area contributed by atoms with Gasteiger partial charge in [-0.25, -0.2) is 4.98 Å². The highest BCUT2D eigenvalue weighted by molar-refractivity contribution is 5.97. The summed E-state index contributed by atoms with van der Waals surface area (Å²) in [6.07, 6.45) is 2.51. The van der Waals surface area contributed by atoms with Crippen LogP contribution < -0.4 is 10.1 Å². The molecule has 150 valence electrons. The Hall–Kier alpha value is -3.35. The summed E-state index contributed by atoms with van der Waals surface area (Å²) in [5.74, 6) is 1.17. The topological polar surface area (TPSA) is 87.3 Å². The number of methoxy groups -OCH3 is 1. The molecule has 4 rings (SSSR count). The smallest absolute Gasteiger partial charge is 0.254 e. The van der Waals surface area contributed by atoms with Crippen LogP contribution in [0.15, 0.2) is 48.5 Å². The molecular weight excluding hydrogens is 368 g/mol. The molecule has 0 bridgehead atoms. The van der Waals surface area contributed by atoms with E-state index >= 15 is 0 Å². The molecule has 0 unspecified atom stereocenters. The zero-order valence-corrected chi connectivity index (χ0v) is 16.4. The SMILES string of the molecule is COc1ccc2nc(CNC(=O)[C@@H]3CCCCN3C(=O)c3ccccc3)[nH]c2c1. The van der Waals surface area contributed by atoms with Crippen LogP contribution in [0.2, 0.25) is 0 Å². The molecule has 1 atom stereocenters. The molecule has 2 N–H and O–H groups in total. The van der Waals surface area contributed by atoms with E-state index in [2.05, 4.69) is 15.3 Å². The van der Waals surface area contributed by atoms with E-state index in [4.69, 9.17) is 4.74 Å². The lowest BCUT2D eigenvalue weighted by atomic mass is 10.00. The van der Waals surface area contributed by atoms with Crippen molar-refractivity contribution in [1.82, 2.24) is 20.2 Å². The zero-order chi connectivity index (χ0) is 20.2. The lowest BCUT2D eigenvalue weighted by Gasteiger charge is -2.34. The molecule has 7 heteroatoms. The number of aromatic amines is 1. The molecule has 2 aromatic carbocycles. The van der Waals surface area contributed by atoms with Gasteiger partial charge >= 0.3 is 0 Å². The number of H-pyrrole nitrogens is 1. The number of benzene rings is 2. The maximum Gasteiger partial charge on any atom is 0.254 e. The highest BCUT2D eigenvalue weighted by Crippen LogP contribution is 2.21. The molecule has 1 fully saturated rings. The Kier molecular flexibility index (Phi) is 5.46. The van der Waals surface area contributed by atoms with E-state index in [-0.39, 0.29) is 18.4 Å². The summed E-state index contributed by atoms with van der Waals surface area (Å²) in [5, 5.41) is 2.94. The number of carbonyl (C=O) groups is 2. The maximum atomic E-state index is 12.9. The first-order valence-corrected chi connectivity index (χ1v) is 9.82. The number of hydrogen-bond acceptors (Lipinski definition) is 4. The van der Waals surface area contributed by atoms with Crippen LogP contribution in [-0.2, 0) is 11.3 Å². The van der Waals surface area contributed by atoms with Crippen molar-refractivity contribution in [1.29, 1.82) is 0 Å². The van der Waals surface area contributed by atoms with Crippen molar-refractivity contribution in [2.75, 3.05) is 13.7 Å². The predicted octanol–water partition coefficient (Wildman–Crippen LogP) is 2.88. The van der Waals surface area contributed by atoms with Gasteiger partial charge in [0.25, 0.3) is 5.91 Å². The second-order valence-electron chi connectivity index (χ2n) is 7.16. The fraction of sp³-hybridized carbons (Fsp3) is 0.318. The fourth-order valence-corrected chi connectivity index (χ4v) is 3.73. The minimum absolute atomic E-state index is 0.0960.